The average molecular weight is 431 g/mol. The zero-order valence-electron chi connectivity index (χ0n) is 17.0. The van der Waals surface area contributed by atoms with E-state index < -0.39 is 0 Å². The first-order valence-electron chi connectivity index (χ1n) is 9.80. The molecule has 2 heterocycles. The molecule has 0 unspecified atom stereocenters. The molecular weight excluding hydrogens is 408 g/mol. The van der Waals surface area contributed by atoms with Crippen LogP contribution in [0.4, 0.5) is 0 Å². The Morgan fingerprint density at radius 1 is 1.17 bits per heavy atom. The van der Waals surface area contributed by atoms with Crippen LogP contribution in [0, 0.1) is 17.1 Å². The van der Waals surface area contributed by atoms with Crippen LogP contribution in [0.2, 0.25) is 0 Å². The highest BCUT2D eigenvalue weighted by atomic mass is 32.1. The second-order valence-electron chi connectivity index (χ2n) is 7.36. The summed E-state index contributed by atoms with van der Waals surface area (Å²) in [5.41, 5.74) is 4.22. The van der Waals surface area contributed by atoms with E-state index in [4.69, 9.17) is 28.4 Å². The Kier molecular flexibility index (Phi) is 5.98. The third-order valence-corrected chi connectivity index (χ3v) is 6.19. The Morgan fingerprint density at radius 3 is 2.63 bits per heavy atom. The molecule has 0 aliphatic rings. The summed E-state index contributed by atoms with van der Waals surface area (Å²) in [5, 5.41) is 3.07. The lowest BCUT2D eigenvalue weighted by Crippen LogP contribution is -2.06. The Bertz CT molecular complexity index is 1260. The minimum absolute atomic E-state index is 0.228. The fourth-order valence-electron chi connectivity index (χ4n) is 3.43. The van der Waals surface area contributed by atoms with Gasteiger partial charge in [-0.2, -0.15) is 0 Å². The van der Waals surface area contributed by atoms with Gasteiger partial charge in [0.05, 0.1) is 17.8 Å². The van der Waals surface area contributed by atoms with Crippen molar-refractivity contribution in [3.8, 4) is 29.4 Å². The monoisotopic (exact) mass is 430 g/mol. The number of hydrogen-bond donors (Lipinski definition) is 0. The second-order valence-corrected chi connectivity index (χ2v) is 8.75. The van der Waals surface area contributed by atoms with Crippen molar-refractivity contribution in [2.45, 2.75) is 26.3 Å². The van der Waals surface area contributed by atoms with Gasteiger partial charge in [0, 0.05) is 15.8 Å². The molecule has 0 bridgehead atoms. The molecule has 5 heteroatoms. The quantitative estimate of drug-likeness (QED) is 0.252. The maximum atomic E-state index is 5.71. The maximum Gasteiger partial charge on any atom is 0.200 e. The second kappa shape index (κ2) is 8.83. The molecule has 0 aliphatic carbocycles. The summed E-state index contributed by atoms with van der Waals surface area (Å²) in [5.74, 6) is 3.72. The highest BCUT2D eigenvalue weighted by Gasteiger charge is 2.13. The Hall–Kier alpha value is -2.94. The van der Waals surface area contributed by atoms with Crippen LogP contribution in [-0.2, 0) is 6.54 Å². The lowest BCUT2D eigenvalue weighted by atomic mass is 9.99. The van der Waals surface area contributed by atoms with Gasteiger partial charge >= 0.3 is 0 Å². The van der Waals surface area contributed by atoms with E-state index in [0.29, 0.717) is 17.2 Å². The summed E-state index contributed by atoms with van der Waals surface area (Å²) in [6.07, 6.45) is 5.36. The molecule has 2 aromatic carbocycles. The number of terminal acetylenes is 1. The smallest absolute Gasteiger partial charge is 0.200 e. The summed E-state index contributed by atoms with van der Waals surface area (Å²) in [6, 6.07) is 18.7. The van der Waals surface area contributed by atoms with Gasteiger partial charge in [0.25, 0.3) is 0 Å². The molecule has 4 rings (SSSR count). The highest BCUT2D eigenvalue weighted by molar-refractivity contribution is 7.71. The van der Waals surface area contributed by atoms with Crippen molar-refractivity contribution in [1.82, 2.24) is 9.55 Å². The van der Waals surface area contributed by atoms with Crippen molar-refractivity contribution in [2.75, 3.05) is 6.61 Å². The van der Waals surface area contributed by atoms with Crippen LogP contribution in [-0.4, -0.2) is 16.2 Å². The Morgan fingerprint density at radius 2 is 1.97 bits per heavy atom. The number of aromatic nitrogens is 2. The van der Waals surface area contributed by atoms with E-state index >= 15 is 0 Å². The largest absolute Gasteiger partial charge is 0.481 e. The average Bonchev–Trinajstić information content (AvgIpc) is 3.27. The predicted octanol–water partition coefficient (Wildman–Crippen LogP) is 6.68. The van der Waals surface area contributed by atoms with Crippen LogP contribution in [0.1, 0.15) is 30.2 Å². The third-order valence-electron chi connectivity index (χ3n) is 5.02. The molecule has 0 amide bonds. The van der Waals surface area contributed by atoms with Crippen molar-refractivity contribution >= 4 is 34.5 Å². The molecule has 0 spiro atoms. The number of benzene rings is 2. The first kappa shape index (κ1) is 20.3. The maximum absolute atomic E-state index is 5.71. The molecule has 0 radical (unpaired) electrons. The van der Waals surface area contributed by atoms with Gasteiger partial charge in [-0.25, -0.2) is 4.98 Å². The van der Waals surface area contributed by atoms with E-state index in [1.54, 1.807) is 11.3 Å². The summed E-state index contributed by atoms with van der Waals surface area (Å²) in [4.78, 5) is 6.07. The first-order valence-corrected chi connectivity index (χ1v) is 11.1. The molecule has 2 aromatic heterocycles. The molecule has 0 aliphatic heterocycles. The summed E-state index contributed by atoms with van der Waals surface area (Å²) >= 11 is 7.42. The van der Waals surface area contributed by atoms with E-state index in [1.165, 1.54) is 10.4 Å². The molecule has 0 saturated carbocycles. The molecule has 0 fully saturated rings. The first-order chi connectivity index (χ1) is 14.6. The number of rotatable bonds is 6. The zero-order valence-corrected chi connectivity index (χ0v) is 18.6. The molecule has 0 saturated heterocycles. The minimum Gasteiger partial charge on any atom is -0.481 e. The lowest BCUT2D eigenvalue weighted by molar-refractivity contribution is 0.371. The van der Waals surface area contributed by atoms with E-state index in [1.807, 2.05) is 18.2 Å². The molecule has 0 atom stereocenters. The van der Waals surface area contributed by atoms with Gasteiger partial charge in [-0.15, -0.1) is 17.8 Å². The third kappa shape index (κ3) is 4.16. The van der Waals surface area contributed by atoms with Crippen molar-refractivity contribution in [3.63, 3.8) is 0 Å². The molecule has 3 nitrogen and oxygen atoms in total. The Balaban J connectivity index is 1.90. The predicted molar refractivity (Wildman–Crippen MR) is 128 cm³/mol. The fraction of sp³-hybridized carbons (Fsp3) is 0.200. The van der Waals surface area contributed by atoms with Crippen molar-refractivity contribution < 1.29 is 4.74 Å². The van der Waals surface area contributed by atoms with Gasteiger partial charge in [-0.3, -0.25) is 0 Å². The van der Waals surface area contributed by atoms with E-state index in [9.17, 15) is 0 Å². The standard InChI is InChI=1S/C25H22N2OS2/c1-4-13-28-20-11-12-23-22(15-20)24(19-9-7-18(8-10-19)17(2)3)26-25(29)27(23)16-21-6-5-14-30-21/h1,5-12,14-15,17H,13,16H2,2-3H3. The van der Waals surface area contributed by atoms with E-state index in [-0.39, 0.29) is 6.61 Å². The number of nitrogens with zero attached hydrogens (tertiary/aromatic N) is 2. The van der Waals surface area contributed by atoms with Gasteiger partial charge in [0.1, 0.15) is 12.4 Å². The molecule has 150 valence electrons. The van der Waals surface area contributed by atoms with Crippen LogP contribution >= 0.6 is 23.6 Å². The SMILES string of the molecule is C#CCOc1ccc2c(c1)c(-c1ccc(C(C)C)cc1)nc(=S)n2Cc1cccs1. The zero-order chi connectivity index (χ0) is 21.1. The number of ether oxygens (including phenoxy) is 1. The molecular formula is C25H22N2OS2. The van der Waals surface area contributed by atoms with E-state index in [2.05, 4.69) is 66.1 Å². The van der Waals surface area contributed by atoms with Crippen LogP contribution in [0.25, 0.3) is 22.2 Å². The van der Waals surface area contributed by atoms with Gasteiger partial charge in [0.15, 0.2) is 0 Å². The van der Waals surface area contributed by atoms with Gasteiger partial charge < -0.3 is 9.30 Å². The van der Waals surface area contributed by atoms with Crippen LogP contribution in [0.15, 0.2) is 60.0 Å². The molecule has 0 N–H and O–H groups in total. The van der Waals surface area contributed by atoms with Crippen molar-refractivity contribution in [2.24, 2.45) is 0 Å². The van der Waals surface area contributed by atoms with Gasteiger partial charge in [-0.1, -0.05) is 50.1 Å². The van der Waals surface area contributed by atoms with E-state index in [0.717, 1.165) is 27.9 Å². The highest BCUT2D eigenvalue weighted by Crippen LogP contribution is 2.31. The molecule has 30 heavy (non-hydrogen) atoms. The normalized spacial score (nSPS) is 11.0. The fourth-order valence-corrected chi connectivity index (χ4v) is 4.38. The summed E-state index contributed by atoms with van der Waals surface area (Å²) in [6.45, 7) is 5.30. The summed E-state index contributed by atoms with van der Waals surface area (Å²) in [7, 11) is 0. The molecule has 4 aromatic rings. The number of hydrogen-bond acceptors (Lipinski definition) is 4. The van der Waals surface area contributed by atoms with Crippen LogP contribution in [0.5, 0.6) is 5.75 Å². The van der Waals surface area contributed by atoms with Gasteiger partial charge in [-0.05, 0) is 53.3 Å². The van der Waals surface area contributed by atoms with Crippen molar-refractivity contribution in [1.29, 1.82) is 0 Å². The summed E-state index contributed by atoms with van der Waals surface area (Å²) < 4.78 is 8.33. The number of thiophene rings is 1. The Labute approximate surface area is 186 Å². The topological polar surface area (TPSA) is 27.1 Å². The van der Waals surface area contributed by atoms with Gasteiger partial charge in [0.2, 0.25) is 4.77 Å². The van der Waals surface area contributed by atoms with Crippen LogP contribution < -0.4 is 4.74 Å². The number of fused-ring (bicyclic) bond motifs is 1. The minimum atomic E-state index is 0.228. The van der Waals surface area contributed by atoms with Crippen molar-refractivity contribution in [3.05, 3.63) is 75.2 Å². The van der Waals surface area contributed by atoms with Crippen LogP contribution in [0.3, 0.4) is 0 Å². The lowest BCUT2D eigenvalue weighted by Gasteiger charge is -2.15.